The Morgan fingerprint density at radius 1 is 1.47 bits per heavy atom. The minimum absolute atomic E-state index is 0.639. The van der Waals surface area contributed by atoms with Crippen LogP contribution in [-0.4, -0.2) is 21.6 Å². The summed E-state index contributed by atoms with van der Waals surface area (Å²) in [6.45, 7) is 3.71. The minimum atomic E-state index is 0.639. The molecule has 1 heterocycles. The van der Waals surface area contributed by atoms with Gasteiger partial charge in [0.25, 0.3) is 0 Å². The lowest BCUT2D eigenvalue weighted by molar-refractivity contribution is 0.735. The molecular weight excluding hydrogens is 208 g/mol. The van der Waals surface area contributed by atoms with E-state index in [1.807, 2.05) is 6.07 Å². The monoisotopic (exact) mass is 224 g/mol. The van der Waals surface area contributed by atoms with Crippen molar-refractivity contribution in [2.75, 3.05) is 6.54 Å². The number of nitrogens with zero attached hydrogens (tertiary/aromatic N) is 2. The molecule has 5 heteroatoms. The van der Waals surface area contributed by atoms with E-state index in [0.717, 1.165) is 18.7 Å². The molecule has 0 aromatic carbocycles. The Kier molecular flexibility index (Phi) is 5.62. The summed E-state index contributed by atoms with van der Waals surface area (Å²) in [4.78, 5) is 7.93. The van der Waals surface area contributed by atoms with Crippen molar-refractivity contribution < 1.29 is 0 Å². The smallest absolute Gasteiger partial charge is 0.166 e. The zero-order valence-corrected chi connectivity index (χ0v) is 9.68. The molecule has 1 aromatic rings. The van der Waals surface area contributed by atoms with E-state index in [0.29, 0.717) is 11.7 Å². The highest BCUT2D eigenvalue weighted by Gasteiger charge is 1.95. The van der Waals surface area contributed by atoms with E-state index in [9.17, 15) is 0 Å². The molecule has 82 valence electrons. The standard InChI is InChI=1S/C10H16N4S/c1-2-3-5-12-10(15)13-7-9-4-6-11-8-14-9/h4,6,8H,2-3,5,7H2,1H3,(H2,12,13,15). The number of thiocarbonyl (C=S) groups is 1. The van der Waals surface area contributed by atoms with Crippen LogP contribution in [0, 0.1) is 0 Å². The van der Waals surface area contributed by atoms with E-state index in [2.05, 4.69) is 27.5 Å². The molecule has 15 heavy (non-hydrogen) atoms. The second-order valence-electron chi connectivity index (χ2n) is 3.16. The lowest BCUT2D eigenvalue weighted by Gasteiger charge is -2.09. The van der Waals surface area contributed by atoms with E-state index in [-0.39, 0.29) is 0 Å². The maximum absolute atomic E-state index is 5.10. The van der Waals surface area contributed by atoms with Crippen LogP contribution in [0.4, 0.5) is 0 Å². The van der Waals surface area contributed by atoms with Crippen LogP contribution in [0.5, 0.6) is 0 Å². The van der Waals surface area contributed by atoms with Crippen molar-refractivity contribution in [2.45, 2.75) is 26.3 Å². The Labute approximate surface area is 95.5 Å². The minimum Gasteiger partial charge on any atom is -0.363 e. The second-order valence-corrected chi connectivity index (χ2v) is 3.57. The van der Waals surface area contributed by atoms with Gasteiger partial charge in [-0.05, 0) is 24.7 Å². The van der Waals surface area contributed by atoms with Gasteiger partial charge >= 0.3 is 0 Å². The fourth-order valence-corrected chi connectivity index (χ4v) is 1.21. The number of unbranched alkanes of at least 4 members (excludes halogenated alkanes) is 1. The molecule has 0 unspecified atom stereocenters. The van der Waals surface area contributed by atoms with Crippen molar-refractivity contribution in [1.82, 2.24) is 20.6 Å². The number of aromatic nitrogens is 2. The molecule has 0 spiro atoms. The van der Waals surface area contributed by atoms with Crippen LogP contribution in [0.25, 0.3) is 0 Å². The van der Waals surface area contributed by atoms with Crippen molar-refractivity contribution in [3.63, 3.8) is 0 Å². The predicted molar refractivity (Wildman–Crippen MR) is 64.4 cm³/mol. The second kappa shape index (κ2) is 7.11. The normalized spacial score (nSPS) is 9.67. The van der Waals surface area contributed by atoms with Gasteiger partial charge in [0.15, 0.2) is 5.11 Å². The first-order valence-electron chi connectivity index (χ1n) is 5.09. The number of rotatable bonds is 5. The summed E-state index contributed by atoms with van der Waals surface area (Å²) in [6, 6.07) is 1.86. The van der Waals surface area contributed by atoms with E-state index < -0.39 is 0 Å². The third kappa shape index (κ3) is 5.27. The van der Waals surface area contributed by atoms with Gasteiger partial charge in [-0.25, -0.2) is 9.97 Å². The van der Waals surface area contributed by atoms with Gasteiger partial charge in [0.05, 0.1) is 12.2 Å². The summed E-state index contributed by atoms with van der Waals surface area (Å²) >= 11 is 5.10. The molecule has 0 aliphatic carbocycles. The van der Waals surface area contributed by atoms with Gasteiger partial charge in [0.2, 0.25) is 0 Å². The van der Waals surface area contributed by atoms with E-state index >= 15 is 0 Å². The Morgan fingerprint density at radius 3 is 3.00 bits per heavy atom. The van der Waals surface area contributed by atoms with Gasteiger partial charge in [-0.3, -0.25) is 0 Å². The molecular formula is C10H16N4S. The Hall–Kier alpha value is -1.23. The number of nitrogens with one attached hydrogen (secondary N) is 2. The van der Waals surface area contributed by atoms with Crippen LogP contribution in [0.2, 0.25) is 0 Å². The molecule has 1 rings (SSSR count). The van der Waals surface area contributed by atoms with Crippen LogP contribution in [0.3, 0.4) is 0 Å². The van der Waals surface area contributed by atoms with E-state index in [4.69, 9.17) is 12.2 Å². The van der Waals surface area contributed by atoms with Gasteiger partial charge in [-0.1, -0.05) is 13.3 Å². The molecule has 2 N–H and O–H groups in total. The first-order chi connectivity index (χ1) is 7.33. The van der Waals surface area contributed by atoms with Gasteiger partial charge in [-0.2, -0.15) is 0 Å². The lowest BCUT2D eigenvalue weighted by Crippen LogP contribution is -2.35. The first kappa shape index (κ1) is 11.8. The van der Waals surface area contributed by atoms with Crippen LogP contribution in [0.1, 0.15) is 25.5 Å². The average molecular weight is 224 g/mol. The largest absolute Gasteiger partial charge is 0.363 e. The van der Waals surface area contributed by atoms with Crippen molar-refractivity contribution in [1.29, 1.82) is 0 Å². The molecule has 0 saturated carbocycles. The van der Waals surface area contributed by atoms with Crippen LogP contribution >= 0.6 is 12.2 Å². The summed E-state index contributed by atoms with van der Waals surface area (Å²) in [7, 11) is 0. The molecule has 0 fully saturated rings. The molecule has 0 atom stereocenters. The molecule has 0 radical (unpaired) electrons. The summed E-state index contributed by atoms with van der Waals surface area (Å²) in [5, 5.41) is 6.90. The van der Waals surface area contributed by atoms with Gasteiger partial charge in [0.1, 0.15) is 6.33 Å². The van der Waals surface area contributed by atoms with Crippen LogP contribution in [-0.2, 0) is 6.54 Å². The molecule has 0 aliphatic rings. The highest BCUT2D eigenvalue weighted by atomic mass is 32.1. The molecule has 4 nitrogen and oxygen atoms in total. The molecule has 0 amide bonds. The topological polar surface area (TPSA) is 49.8 Å². The molecule has 1 aromatic heterocycles. The fraction of sp³-hybridized carbons (Fsp3) is 0.500. The zero-order valence-electron chi connectivity index (χ0n) is 8.86. The SMILES string of the molecule is CCCCNC(=S)NCc1ccncn1. The van der Waals surface area contributed by atoms with E-state index in [1.165, 1.54) is 12.7 Å². The molecule has 0 bridgehead atoms. The third-order valence-electron chi connectivity index (χ3n) is 1.89. The lowest BCUT2D eigenvalue weighted by atomic mass is 10.3. The Bertz CT molecular complexity index is 289. The summed E-state index contributed by atoms with van der Waals surface area (Å²) in [6.07, 6.45) is 5.55. The fourth-order valence-electron chi connectivity index (χ4n) is 1.03. The summed E-state index contributed by atoms with van der Waals surface area (Å²) in [5.41, 5.74) is 0.935. The number of hydrogen-bond acceptors (Lipinski definition) is 3. The predicted octanol–water partition coefficient (Wildman–Crippen LogP) is 1.24. The van der Waals surface area contributed by atoms with Crippen molar-refractivity contribution in [3.05, 3.63) is 24.3 Å². The van der Waals surface area contributed by atoms with Crippen LogP contribution < -0.4 is 10.6 Å². The summed E-state index contributed by atoms with van der Waals surface area (Å²) in [5.74, 6) is 0. The summed E-state index contributed by atoms with van der Waals surface area (Å²) < 4.78 is 0. The van der Waals surface area contributed by atoms with Gasteiger partial charge < -0.3 is 10.6 Å². The van der Waals surface area contributed by atoms with E-state index in [1.54, 1.807) is 6.20 Å². The highest BCUT2D eigenvalue weighted by molar-refractivity contribution is 7.80. The quantitative estimate of drug-likeness (QED) is 0.582. The number of hydrogen-bond donors (Lipinski definition) is 2. The molecule has 0 aliphatic heterocycles. The van der Waals surface area contributed by atoms with Crippen molar-refractivity contribution >= 4 is 17.3 Å². The highest BCUT2D eigenvalue weighted by Crippen LogP contribution is 1.89. The van der Waals surface area contributed by atoms with Gasteiger partial charge in [-0.15, -0.1) is 0 Å². The third-order valence-corrected chi connectivity index (χ3v) is 2.18. The van der Waals surface area contributed by atoms with Crippen LogP contribution in [0.15, 0.2) is 18.6 Å². The molecule has 0 saturated heterocycles. The zero-order chi connectivity index (χ0) is 10.9. The van der Waals surface area contributed by atoms with Crippen molar-refractivity contribution in [2.24, 2.45) is 0 Å². The Balaban J connectivity index is 2.17. The van der Waals surface area contributed by atoms with Gasteiger partial charge in [0, 0.05) is 12.7 Å². The maximum atomic E-state index is 5.10. The average Bonchev–Trinajstić information content (AvgIpc) is 2.28. The maximum Gasteiger partial charge on any atom is 0.166 e. The van der Waals surface area contributed by atoms with Crippen molar-refractivity contribution in [3.8, 4) is 0 Å². The first-order valence-corrected chi connectivity index (χ1v) is 5.50. The Morgan fingerprint density at radius 2 is 2.33 bits per heavy atom.